The summed E-state index contributed by atoms with van der Waals surface area (Å²) < 4.78 is 0. The Morgan fingerprint density at radius 3 is 2.55 bits per heavy atom. The van der Waals surface area contributed by atoms with E-state index in [-0.39, 0.29) is 0 Å². The molecule has 0 rings (SSSR count). The number of nitrogens with zero attached hydrogens (tertiary/aromatic N) is 1. The van der Waals surface area contributed by atoms with E-state index in [1.807, 2.05) is 13.1 Å². The molecule has 0 spiro atoms. The van der Waals surface area contributed by atoms with Crippen LogP contribution in [0.3, 0.4) is 0 Å². The molecule has 0 amide bonds. The Balaban J connectivity index is 3.59. The summed E-state index contributed by atoms with van der Waals surface area (Å²) in [6, 6.07) is 0.612. The van der Waals surface area contributed by atoms with Crippen molar-refractivity contribution in [3.05, 3.63) is 12.7 Å². The number of rotatable bonds is 6. The van der Waals surface area contributed by atoms with E-state index in [2.05, 4.69) is 30.6 Å². The Labute approximate surface area is 70.3 Å². The highest BCUT2D eigenvalue weighted by Crippen LogP contribution is 1.95. The van der Waals surface area contributed by atoms with Crippen LogP contribution < -0.4 is 5.32 Å². The highest BCUT2D eigenvalue weighted by Gasteiger charge is 2.04. The van der Waals surface area contributed by atoms with Gasteiger partial charge in [0.05, 0.1) is 0 Å². The molecule has 0 saturated carbocycles. The maximum Gasteiger partial charge on any atom is 0.0163 e. The molecular formula is C9H20N2. The van der Waals surface area contributed by atoms with Crippen molar-refractivity contribution in [2.45, 2.75) is 19.9 Å². The second-order valence-corrected chi connectivity index (χ2v) is 2.98. The number of nitrogens with one attached hydrogen (secondary N) is 1. The van der Waals surface area contributed by atoms with Crippen LogP contribution in [0.15, 0.2) is 12.7 Å². The Morgan fingerprint density at radius 1 is 1.55 bits per heavy atom. The molecule has 0 unspecified atom stereocenters. The van der Waals surface area contributed by atoms with Crippen molar-refractivity contribution in [2.75, 3.05) is 26.7 Å². The minimum absolute atomic E-state index is 0.612. The molecule has 1 N–H and O–H groups in total. The summed E-state index contributed by atoms with van der Waals surface area (Å²) in [5.41, 5.74) is 0. The monoisotopic (exact) mass is 156 g/mol. The van der Waals surface area contributed by atoms with Crippen LogP contribution in [0.1, 0.15) is 13.8 Å². The summed E-state index contributed by atoms with van der Waals surface area (Å²) in [4.78, 5) is 2.38. The van der Waals surface area contributed by atoms with Crippen molar-refractivity contribution >= 4 is 0 Å². The molecule has 11 heavy (non-hydrogen) atoms. The Morgan fingerprint density at radius 2 is 2.18 bits per heavy atom. The van der Waals surface area contributed by atoms with Crippen molar-refractivity contribution < 1.29 is 0 Å². The highest BCUT2D eigenvalue weighted by molar-refractivity contribution is 4.75. The van der Waals surface area contributed by atoms with Gasteiger partial charge in [-0.3, -0.25) is 4.90 Å². The molecule has 0 heterocycles. The van der Waals surface area contributed by atoms with Crippen molar-refractivity contribution in [2.24, 2.45) is 0 Å². The van der Waals surface area contributed by atoms with Gasteiger partial charge in [-0.2, -0.15) is 0 Å². The molecule has 0 fully saturated rings. The number of hydrogen-bond donors (Lipinski definition) is 1. The molecule has 0 aromatic heterocycles. The minimum Gasteiger partial charge on any atom is -0.318 e. The van der Waals surface area contributed by atoms with Crippen LogP contribution in [-0.4, -0.2) is 37.6 Å². The number of hydrogen-bond acceptors (Lipinski definition) is 2. The third-order valence-corrected chi connectivity index (χ3v) is 1.74. The van der Waals surface area contributed by atoms with Gasteiger partial charge in [0.25, 0.3) is 0 Å². The van der Waals surface area contributed by atoms with Gasteiger partial charge in [-0.1, -0.05) is 6.08 Å². The van der Waals surface area contributed by atoms with Gasteiger partial charge in [0.2, 0.25) is 0 Å². The van der Waals surface area contributed by atoms with Crippen LogP contribution in [-0.2, 0) is 0 Å². The molecule has 0 aromatic rings. The van der Waals surface area contributed by atoms with Crippen molar-refractivity contribution in [3.63, 3.8) is 0 Å². The third-order valence-electron chi connectivity index (χ3n) is 1.74. The smallest absolute Gasteiger partial charge is 0.0163 e. The number of likely N-dealkylation sites (N-methyl/N-ethyl adjacent to an activating group) is 1. The van der Waals surface area contributed by atoms with E-state index in [0.717, 1.165) is 19.6 Å². The maximum absolute atomic E-state index is 3.73. The predicted octanol–water partition coefficient (Wildman–Crippen LogP) is 1.10. The van der Waals surface area contributed by atoms with Gasteiger partial charge in [-0.25, -0.2) is 0 Å². The zero-order valence-electron chi connectivity index (χ0n) is 7.93. The summed E-state index contributed by atoms with van der Waals surface area (Å²) in [5.74, 6) is 0. The van der Waals surface area contributed by atoms with Crippen LogP contribution in [0.2, 0.25) is 0 Å². The fraction of sp³-hybridized carbons (Fsp3) is 0.778. The van der Waals surface area contributed by atoms with Crippen molar-refractivity contribution in [1.29, 1.82) is 0 Å². The molecule has 0 aliphatic heterocycles. The van der Waals surface area contributed by atoms with E-state index in [1.54, 1.807) is 0 Å². The first-order valence-corrected chi connectivity index (χ1v) is 4.22. The molecule has 2 nitrogen and oxygen atoms in total. The summed E-state index contributed by atoms with van der Waals surface area (Å²) in [7, 11) is 1.98. The normalized spacial score (nSPS) is 11.0. The molecule has 0 aliphatic carbocycles. The molecular weight excluding hydrogens is 136 g/mol. The van der Waals surface area contributed by atoms with Gasteiger partial charge in [-0.05, 0) is 20.9 Å². The first kappa shape index (κ1) is 10.7. The fourth-order valence-corrected chi connectivity index (χ4v) is 0.982. The van der Waals surface area contributed by atoms with Gasteiger partial charge in [0.1, 0.15) is 0 Å². The molecule has 0 aromatic carbocycles. The van der Waals surface area contributed by atoms with Crippen molar-refractivity contribution in [3.8, 4) is 0 Å². The predicted molar refractivity (Wildman–Crippen MR) is 50.8 cm³/mol. The van der Waals surface area contributed by atoms with Crippen molar-refractivity contribution in [1.82, 2.24) is 10.2 Å². The zero-order valence-corrected chi connectivity index (χ0v) is 7.93. The first-order valence-electron chi connectivity index (χ1n) is 4.22. The maximum atomic E-state index is 3.73. The standard InChI is InChI=1S/C9H20N2/c1-5-7-11(9(2)3)8-6-10-4/h5,9-10H,1,6-8H2,2-4H3. The van der Waals surface area contributed by atoms with E-state index in [9.17, 15) is 0 Å². The lowest BCUT2D eigenvalue weighted by atomic mass is 10.3. The van der Waals surface area contributed by atoms with E-state index < -0.39 is 0 Å². The first-order chi connectivity index (χ1) is 5.22. The van der Waals surface area contributed by atoms with Crippen LogP contribution in [0.5, 0.6) is 0 Å². The quantitative estimate of drug-likeness (QED) is 0.579. The SMILES string of the molecule is C=CCN(CCNC)C(C)C. The average Bonchev–Trinajstić information content (AvgIpc) is 1.97. The molecule has 66 valence electrons. The molecule has 0 radical (unpaired) electrons. The van der Waals surface area contributed by atoms with Crippen LogP contribution in [0.4, 0.5) is 0 Å². The lowest BCUT2D eigenvalue weighted by Gasteiger charge is -2.24. The third kappa shape index (κ3) is 4.99. The molecule has 0 saturated heterocycles. The lowest BCUT2D eigenvalue weighted by molar-refractivity contribution is 0.248. The summed E-state index contributed by atoms with van der Waals surface area (Å²) in [6.45, 7) is 11.3. The van der Waals surface area contributed by atoms with Gasteiger partial charge < -0.3 is 5.32 Å². The van der Waals surface area contributed by atoms with E-state index in [4.69, 9.17) is 0 Å². The van der Waals surface area contributed by atoms with E-state index in [0.29, 0.717) is 6.04 Å². The summed E-state index contributed by atoms with van der Waals surface area (Å²) >= 11 is 0. The molecule has 0 bridgehead atoms. The highest BCUT2D eigenvalue weighted by atomic mass is 15.2. The van der Waals surface area contributed by atoms with Gasteiger partial charge in [-0.15, -0.1) is 6.58 Å². The molecule has 0 atom stereocenters. The van der Waals surface area contributed by atoms with Gasteiger partial charge in [0, 0.05) is 25.7 Å². The Kier molecular flexibility index (Phi) is 6.18. The lowest BCUT2D eigenvalue weighted by Crippen LogP contribution is -2.36. The van der Waals surface area contributed by atoms with Gasteiger partial charge >= 0.3 is 0 Å². The van der Waals surface area contributed by atoms with Gasteiger partial charge in [0.15, 0.2) is 0 Å². The fourth-order valence-electron chi connectivity index (χ4n) is 0.982. The average molecular weight is 156 g/mol. The van der Waals surface area contributed by atoms with Crippen LogP contribution >= 0.6 is 0 Å². The summed E-state index contributed by atoms with van der Waals surface area (Å²) in [6.07, 6.45) is 1.95. The minimum atomic E-state index is 0.612. The Bertz CT molecular complexity index is 99.7. The second kappa shape index (κ2) is 6.38. The van der Waals surface area contributed by atoms with Crippen LogP contribution in [0, 0.1) is 0 Å². The zero-order chi connectivity index (χ0) is 8.69. The van der Waals surface area contributed by atoms with E-state index >= 15 is 0 Å². The topological polar surface area (TPSA) is 15.3 Å². The largest absolute Gasteiger partial charge is 0.318 e. The summed E-state index contributed by atoms with van der Waals surface area (Å²) in [5, 5.41) is 3.14. The Hall–Kier alpha value is -0.340. The van der Waals surface area contributed by atoms with Crippen LogP contribution in [0.25, 0.3) is 0 Å². The molecule has 2 heteroatoms. The van der Waals surface area contributed by atoms with E-state index in [1.165, 1.54) is 0 Å². The second-order valence-electron chi connectivity index (χ2n) is 2.98. The molecule has 0 aliphatic rings.